The molecule has 0 fully saturated rings. The topological polar surface area (TPSA) is 47.0 Å². The summed E-state index contributed by atoms with van der Waals surface area (Å²) in [6.07, 6.45) is 3.13. The molecule has 0 amide bonds. The van der Waals surface area contributed by atoms with Crippen molar-refractivity contribution < 1.29 is 4.74 Å². The number of benzene rings is 1. The van der Waals surface area contributed by atoms with E-state index in [1.165, 1.54) is 11.8 Å². The van der Waals surface area contributed by atoms with Gasteiger partial charge in [0, 0.05) is 0 Å². The summed E-state index contributed by atoms with van der Waals surface area (Å²) in [6, 6.07) is 8.20. The van der Waals surface area contributed by atoms with Gasteiger partial charge in [0.1, 0.15) is 23.3 Å². The molecule has 5 heteroatoms. The van der Waals surface area contributed by atoms with Crippen molar-refractivity contribution in [2.24, 2.45) is 0 Å². The molecule has 0 aliphatic heterocycles. The fraction of sp³-hybridized carbons (Fsp3) is 0.375. The number of aromatic nitrogens is 2. The minimum atomic E-state index is 0.158. The average molecular weight is 306 g/mol. The van der Waals surface area contributed by atoms with Crippen LogP contribution >= 0.6 is 11.6 Å². The third kappa shape index (κ3) is 4.90. The summed E-state index contributed by atoms with van der Waals surface area (Å²) in [5, 5.41) is 3.48. The monoisotopic (exact) mass is 305 g/mol. The molecule has 1 aromatic carbocycles. The number of halogens is 1. The van der Waals surface area contributed by atoms with Gasteiger partial charge in [-0.05, 0) is 23.1 Å². The Morgan fingerprint density at radius 2 is 1.86 bits per heavy atom. The number of anilines is 1. The van der Waals surface area contributed by atoms with Gasteiger partial charge in [-0.15, -0.1) is 0 Å². The molecule has 0 aliphatic carbocycles. The molecule has 4 nitrogen and oxygen atoms in total. The fourth-order valence-corrected chi connectivity index (χ4v) is 1.97. The smallest absolute Gasteiger partial charge is 0.149 e. The zero-order valence-corrected chi connectivity index (χ0v) is 13.3. The number of hydrogen-bond donors (Lipinski definition) is 1. The van der Waals surface area contributed by atoms with Crippen LogP contribution < -0.4 is 10.1 Å². The Balaban J connectivity index is 1.79. The number of ether oxygens (including phenoxy) is 1. The van der Waals surface area contributed by atoms with Gasteiger partial charge in [-0.3, -0.25) is 4.98 Å². The Hall–Kier alpha value is -1.81. The first-order valence-electron chi connectivity index (χ1n) is 6.90. The van der Waals surface area contributed by atoms with Crippen LogP contribution in [0.15, 0.2) is 36.7 Å². The van der Waals surface area contributed by atoms with E-state index in [2.05, 4.69) is 48.2 Å². The van der Waals surface area contributed by atoms with Crippen molar-refractivity contribution in [3.05, 3.63) is 47.4 Å². The van der Waals surface area contributed by atoms with Crippen LogP contribution in [0.2, 0.25) is 5.15 Å². The lowest BCUT2D eigenvalue weighted by molar-refractivity contribution is 0.332. The number of hydrogen-bond acceptors (Lipinski definition) is 4. The standard InChI is InChI=1S/C16H20ClN3O/c1-16(2,3)12-4-6-13(7-5-12)21-9-8-19-15-11-18-10-14(17)20-15/h4-7,10-11H,8-9H2,1-3H3,(H,19,20). The highest BCUT2D eigenvalue weighted by Gasteiger charge is 2.12. The summed E-state index contributed by atoms with van der Waals surface area (Å²) in [4.78, 5) is 8.05. The maximum atomic E-state index is 5.76. The SMILES string of the molecule is CC(C)(C)c1ccc(OCCNc2cncc(Cl)n2)cc1. The molecular formula is C16H20ClN3O. The first kappa shape index (κ1) is 15.6. The van der Waals surface area contributed by atoms with Crippen LogP contribution in [-0.2, 0) is 5.41 Å². The summed E-state index contributed by atoms with van der Waals surface area (Å²) in [7, 11) is 0. The molecule has 1 aromatic heterocycles. The third-order valence-electron chi connectivity index (χ3n) is 3.00. The fourth-order valence-electron chi connectivity index (χ4n) is 1.83. The van der Waals surface area contributed by atoms with Gasteiger partial charge in [0.15, 0.2) is 0 Å². The van der Waals surface area contributed by atoms with E-state index < -0.39 is 0 Å². The molecule has 0 aliphatic rings. The second-order valence-electron chi connectivity index (χ2n) is 5.78. The Morgan fingerprint density at radius 3 is 2.48 bits per heavy atom. The minimum Gasteiger partial charge on any atom is -0.492 e. The van der Waals surface area contributed by atoms with Gasteiger partial charge < -0.3 is 10.1 Å². The van der Waals surface area contributed by atoms with Crippen molar-refractivity contribution in [1.29, 1.82) is 0 Å². The summed E-state index contributed by atoms with van der Waals surface area (Å²) in [5.74, 6) is 1.51. The molecule has 0 radical (unpaired) electrons. The van der Waals surface area contributed by atoms with Crippen LogP contribution in [0.5, 0.6) is 5.75 Å². The van der Waals surface area contributed by atoms with Gasteiger partial charge in [0.2, 0.25) is 0 Å². The predicted octanol–water partition coefficient (Wildman–Crippen LogP) is 3.92. The third-order valence-corrected chi connectivity index (χ3v) is 3.18. The van der Waals surface area contributed by atoms with Crippen LogP contribution in [0.3, 0.4) is 0 Å². The van der Waals surface area contributed by atoms with Gasteiger partial charge in [0.25, 0.3) is 0 Å². The maximum Gasteiger partial charge on any atom is 0.149 e. The molecule has 0 unspecified atom stereocenters. The van der Waals surface area contributed by atoms with E-state index in [0.29, 0.717) is 24.1 Å². The lowest BCUT2D eigenvalue weighted by Crippen LogP contribution is -2.13. The molecular weight excluding hydrogens is 286 g/mol. The van der Waals surface area contributed by atoms with Crippen molar-refractivity contribution in [2.75, 3.05) is 18.5 Å². The molecule has 0 saturated heterocycles. The van der Waals surface area contributed by atoms with Crippen molar-refractivity contribution >= 4 is 17.4 Å². The van der Waals surface area contributed by atoms with E-state index in [9.17, 15) is 0 Å². The van der Waals surface area contributed by atoms with E-state index in [-0.39, 0.29) is 5.41 Å². The van der Waals surface area contributed by atoms with E-state index in [4.69, 9.17) is 16.3 Å². The highest BCUT2D eigenvalue weighted by molar-refractivity contribution is 6.29. The van der Waals surface area contributed by atoms with E-state index in [0.717, 1.165) is 5.75 Å². The molecule has 21 heavy (non-hydrogen) atoms. The van der Waals surface area contributed by atoms with Gasteiger partial charge in [-0.2, -0.15) is 0 Å². The first-order valence-corrected chi connectivity index (χ1v) is 7.28. The molecule has 0 bridgehead atoms. The Morgan fingerprint density at radius 1 is 1.14 bits per heavy atom. The van der Waals surface area contributed by atoms with E-state index in [1.807, 2.05) is 12.1 Å². The molecule has 2 rings (SSSR count). The van der Waals surface area contributed by atoms with Crippen LogP contribution in [0.1, 0.15) is 26.3 Å². The highest BCUT2D eigenvalue weighted by atomic mass is 35.5. The molecule has 1 heterocycles. The number of nitrogens with zero attached hydrogens (tertiary/aromatic N) is 2. The average Bonchev–Trinajstić information content (AvgIpc) is 2.43. The number of rotatable bonds is 5. The van der Waals surface area contributed by atoms with Crippen molar-refractivity contribution in [1.82, 2.24) is 9.97 Å². The van der Waals surface area contributed by atoms with E-state index >= 15 is 0 Å². The van der Waals surface area contributed by atoms with Gasteiger partial charge in [-0.1, -0.05) is 44.5 Å². The highest BCUT2D eigenvalue weighted by Crippen LogP contribution is 2.24. The van der Waals surface area contributed by atoms with Crippen LogP contribution in [0.25, 0.3) is 0 Å². The zero-order valence-electron chi connectivity index (χ0n) is 12.6. The van der Waals surface area contributed by atoms with Crippen LogP contribution in [0.4, 0.5) is 5.82 Å². The Bertz CT molecular complexity index is 579. The minimum absolute atomic E-state index is 0.158. The van der Waals surface area contributed by atoms with Crippen molar-refractivity contribution in [3.63, 3.8) is 0 Å². The zero-order chi connectivity index (χ0) is 15.3. The largest absolute Gasteiger partial charge is 0.492 e. The predicted molar refractivity (Wildman–Crippen MR) is 86.2 cm³/mol. The molecule has 0 saturated carbocycles. The Labute approximate surface area is 130 Å². The van der Waals surface area contributed by atoms with Gasteiger partial charge in [-0.25, -0.2) is 4.98 Å². The maximum absolute atomic E-state index is 5.76. The molecule has 0 spiro atoms. The molecule has 0 atom stereocenters. The van der Waals surface area contributed by atoms with Crippen LogP contribution in [0, 0.1) is 0 Å². The lowest BCUT2D eigenvalue weighted by atomic mass is 9.87. The van der Waals surface area contributed by atoms with Gasteiger partial charge in [0.05, 0.1) is 18.9 Å². The van der Waals surface area contributed by atoms with Gasteiger partial charge >= 0.3 is 0 Å². The second-order valence-corrected chi connectivity index (χ2v) is 6.16. The molecule has 1 N–H and O–H groups in total. The molecule has 2 aromatic rings. The van der Waals surface area contributed by atoms with E-state index in [1.54, 1.807) is 6.20 Å². The van der Waals surface area contributed by atoms with Crippen molar-refractivity contribution in [3.8, 4) is 5.75 Å². The summed E-state index contributed by atoms with van der Waals surface area (Å²) < 4.78 is 5.68. The molecule has 112 valence electrons. The normalized spacial score (nSPS) is 11.2. The first-order chi connectivity index (χ1) is 9.95. The number of nitrogens with one attached hydrogen (secondary N) is 1. The van der Waals surface area contributed by atoms with Crippen molar-refractivity contribution in [2.45, 2.75) is 26.2 Å². The van der Waals surface area contributed by atoms with Crippen LogP contribution in [-0.4, -0.2) is 23.1 Å². The second kappa shape index (κ2) is 6.76. The Kier molecular flexibility index (Phi) is 5.02. The summed E-state index contributed by atoms with van der Waals surface area (Å²) >= 11 is 5.76. The summed E-state index contributed by atoms with van der Waals surface area (Å²) in [5.41, 5.74) is 1.45. The lowest BCUT2D eigenvalue weighted by Gasteiger charge is -2.19. The quantitative estimate of drug-likeness (QED) is 0.851. The summed E-state index contributed by atoms with van der Waals surface area (Å²) in [6.45, 7) is 7.76.